The van der Waals surface area contributed by atoms with Gasteiger partial charge in [-0.1, -0.05) is 0 Å². The van der Waals surface area contributed by atoms with E-state index < -0.39 is 29.8 Å². The molecule has 1 saturated heterocycles. The first-order chi connectivity index (χ1) is 13.7. The first kappa shape index (κ1) is 20.7. The SMILES string of the molecule is CCOc1ccc2c(OC3CC(C(=O)O)N(C(=O)OC(C)(C)C)C3)nccc2c1. The molecule has 1 amide bonds. The van der Waals surface area contributed by atoms with Crippen LogP contribution in [0.15, 0.2) is 30.5 Å². The average Bonchev–Trinajstić information content (AvgIpc) is 3.05. The molecular weight excluding hydrogens is 376 g/mol. The molecule has 0 spiro atoms. The Balaban J connectivity index is 1.80. The molecule has 0 bridgehead atoms. The van der Waals surface area contributed by atoms with Crippen LogP contribution in [-0.4, -0.2) is 58.0 Å². The first-order valence-electron chi connectivity index (χ1n) is 9.58. The van der Waals surface area contributed by atoms with Crippen LogP contribution in [0, 0.1) is 0 Å². The molecule has 1 N–H and O–H groups in total. The van der Waals surface area contributed by atoms with Gasteiger partial charge in [0.05, 0.1) is 13.2 Å². The third-order valence-electron chi connectivity index (χ3n) is 4.46. The molecule has 1 aliphatic rings. The molecule has 3 rings (SSSR count). The lowest BCUT2D eigenvalue weighted by molar-refractivity contribution is -0.142. The minimum atomic E-state index is -1.09. The van der Waals surface area contributed by atoms with Crippen molar-refractivity contribution in [3.05, 3.63) is 30.5 Å². The molecule has 2 heterocycles. The van der Waals surface area contributed by atoms with Crippen LogP contribution in [0.5, 0.6) is 11.6 Å². The van der Waals surface area contributed by atoms with E-state index in [2.05, 4.69) is 4.98 Å². The predicted molar refractivity (Wildman–Crippen MR) is 106 cm³/mol. The van der Waals surface area contributed by atoms with Gasteiger partial charge in [-0.15, -0.1) is 0 Å². The summed E-state index contributed by atoms with van der Waals surface area (Å²) in [5, 5.41) is 11.2. The molecule has 0 aliphatic carbocycles. The van der Waals surface area contributed by atoms with Crippen LogP contribution in [0.3, 0.4) is 0 Å². The smallest absolute Gasteiger partial charge is 0.411 e. The largest absolute Gasteiger partial charge is 0.494 e. The van der Waals surface area contributed by atoms with Gasteiger partial charge in [-0.25, -0.2) is 14.6 Å². The Kier molecular flexibility index (Phi) is 5.81. The van der Waals surface area contributed by atoms with Crippen molar-refractivity contribution in [2.24, 2.45) is 0 Å². The number of carbonyl (C=O) groups is 2. The Labute approximate surface area is 169 Å². The van der Waals surface area contributed by atoms with Gasteiger partial charge in [0.25, 0.3) is 0 Å². The number of ether oxygens (including phenoxy) is 3. The maximum Gasteiger partial charge on any atom is 0.411 e. The van der Waals surface area contributed by atoms with E-state index in [0.29, 0.717) is 12.5 Å². The monoisotopic (exact) mass is 402 g/mol. The summed E-state index contributed by atoms with van der Waals surface area (Å²) < 4.78 is 16.9. The van der Waals surface area contributed by atoms with Gasteiger partial charge < -0.3 is 19.3 Å². The average molecular weight is 402 g/mol. The van der Waals surface area contributed by atoms with E-state index in [9.17, 15) is 14.7 Å². The number of benzene rings is 1. The Hall–Kier alpha value is -3.03. The summed E-state index contributed by atoms with van der Waals surface area (Å²) in [5.41, 5.74) is -0.714. The molecule has 1 aliphatic heterocycles. The van der Waals surface area contributed by atoms with Gasteiger partial charge in [0, 0.05) is 18.0 Å². The molecule has 8 heteroatoms. The van der Waals surface area contributed by atoms with E-state index in [1.54, 1.807) is 27.0 Å². The van der Waals surface area contributed by atoms with Gasteiger partial charge >= 0.3 is 12.1 Å². The molecule has 1 aromatic heterocycles. The number of carboxylic acids is 1. The lowest BCUT2D eigenvalue weighted by atomic mass is 10.1. The van der Waals surface area contributed by atoms with Gasteiger partial charge in [0.15, 0.2) is 0 Å². The zero-order valence-corrected chi connectivity index (χ0v) is 17.0. The van der Waals surface area contributed by atoms with E-state index in [-0.39, 0.29) is 13.0 Å². The zero-order chi connectivity index (χ0) is 21.2. The lowest BCUT2D eigenvalue weighted by Crippen LogP contribution is -2.43. The van der Waals surface area contributed by atoms with Crippen LogP contribution >= 0.6 is 0 Å². The topological polar surface area (TPSA) is 98.2 Å². The van der Waals surface area contributed by atoms with E-state index >= 15 is 0 Å². The third kappa shape index (κ3) is 4.88. The summed E-state index contributed by atoms with van der Waals surface area (Å²) in [6.45, 7) is 7.81. The Bertz CT molecular complexity index is 908. The van der Waals surface area contributed by atoms with Crippen molar-refractivity contribution in [1.29, 1.82) is 0 Å². The van der Waals surface area contributed by atoms with Crippen molar-refractivity contribution in [2.75, 3.05) is 13.2 Å². The summed E-state index contributed by atoms with van der Waals surface area (Å²) in [6.07, 6.45) is 0.614. The van der Waals surface area contributed by atoms with Gasteiger partial charge in [-0.2, -0.15) is 0 Å². The molecule has 29 heavy (non-hydrogen) atoms. The number of aromatic nitrogens is 1. The molecule has 1 aromatic carbocycles. The highest BCUT2D eigenvalue weighted by atomic mass is 16.6. The highest BCUT2D eigenvalue weighted by Crippen LogP contribution is 2.30. The number of aliphatic carboxylic acids is 1. The molecular formula is C21H26N2O6. The normalized spacial score (nSPS) is 19.2. The van der Waals surface area contributed by atoms with Crippen LogP contribution in [0.1, 0.15) is 34.1 Å². The van der Waals surface area contributed by atoms with Gasteiger partial charge in [0.1, 0.15) is 23.5 Å². The number of rotatable bonds is 5. The number of hydrogen-bond donors (Lipinski definition) is 1. The standard InChI is InChI=1S/C21H26N2O6/c1-5-27-14-6-7-16-13(10-14)8-9-22-18(16)28-15-11-17(19(24)25)23(12-15)20(26)29-21(2,3)4/h6-10,15,17H,5,11-12H2,1-4H3,(H,24,25). The second-order valence-corrected chi connectivity index (χ2v) is 7.89. The third-order valence-corrected chi connectivity index (χ3v) is 4.46. The molecule has 156 valence electrons. The molecule has 0 saturated carbocycles. The fourth-order valence-corrected chi connectivity index (χ4v) is 3.28. The fourth-order valence-electron chi connectivity index (χ4n) is 3.28. The highest BCUT2D eigenvalue weighted by Gasteiger charge is 2.43. The summed E-state index contributed by atoms with van der Waals surface area (Å²) >= 11 is 0. The summed E-state index contributed by atoms with van der Waals surface area (Å²) in [5.74, 6) is 0.0555. The Morgan fingerprint density at radius 2 is 2.03 bits per heavy atom. The van der Waals surface area contributed by atoms with Crippen molar-refractivity contribution in [3.8, 4) is 11.6 Å². The summed E-state index contributed by atoms with van der Waals surface area (Å²) in [4.78, 5) is 29.6. The maximum absolute atomic E-state index is 12.4. The Morgan fingerprint density at radius 1 is 1.28 bits per heavy atom. The van der Waals surface area contributed by atoms with Crippen molar-refractivity contribution < 1.29 is 28.9 Å². The minimum absolute atomic E-state index is 0.112. The van der Waals surface area contributed by atoms with E-state index in [4.69, 9.17) is 14.2 Å². The van der Waals surface area contributed by atoms with Gasteiger partial charge in [-0.05, 0) is 57.3 Å². The number of pyridine rings is 1. The maximum atomic E-state index is 12.4. The minimum Gasteiger partial charge on any atom is -0.494 e. The van der Waals surface area contributed by atoms with E-state index in [1.807, 2.05) is 31.2 Å². The zero-order valence-electron chi connectivity index (χ0n) is 17.0. The van der Waals surface area contributed by atoms with E-state index in [1.165, 1.54) is 4.90 Å². The number of fused-ring (bicyclic) bond motifs is 1. The van der Waals surface area contributed by atoms with E-state index in [0.717, 1.165) is 16.5 Å². The number of likely N-dealkylation sites (tertiary alicyclic amines) is 1. The fraction of sp³-hybridized carbons (Fsp3) is 0.476. The van der Waals surface area contributed by atoms with Crippen LogP contribution < -0.4 is 9.47 Å². The van der Waals surface area contributed by atoms with Crippen LogP contribution in [0.25, 0.3) is 10.8 Å². The quantitative estimate of drug-likeness (QED) is 0.817. The highest BCUT2D eigenvalue weighted by molar-refractivity contribution is 5.88. The molecule has 1 fully saturated rings. The molecule has 2 atom stereocenters. The van der Waals surface area contributed by atoms with Crippen LogP contribution in [-0.2, 0) is 9.53 Å². The molecule has 2 aromatic rings. The van der Waals surface area contributed by atoms with Crippen molar-refractivity contribution >= 4 is 22.8 Å². The number of nitrogens with zero attached hydrogens (tertiary/aromatic N) is 2. The number of carboxylic acid groups (broad SMARTS) is 1. The number of amides is 1. The number of hydrogen-bond acceptors (Lipinski definition) is 6. The number of carbonyl (C=O) groups excluding carboxylic acids is 1. The second kappa shape index (κ2) is 8.14. The molecule has 8 nitrogen and oxygen atoms in total. The summed E-state index contributed by atoms with van der Waals surface area (Å²) in [6, 6.07) is 6.44. The van der Waals surface area contributed by atoms with Crippen molar-refractivity contribution in [2.45, 2.75) is 51.9 Å². The molecule has 0 radical (unpaired) electrons. The van der Waals surface area contributed by atoms with Crippen LogP contribution in [0.4, 0.5) is 4.79 Å². The van der Waals surface area contributed by atoms with Gasteiger partial charge in [0.2, 0.25) is 5.88 Å². The Morgan fingerprint density at radius 3 is 2.69 bits per heavy atom. The van der Waals surface area contributed by atoms with Crippen molar-refractivity contribution in [1.82, 2.24) is 9.88 Å². The second-order valence-electron chi connectivity index (χ2n) is 7.89. The summed E-state index contributed by atoms with van der Waals surface area (Å²) in [7, 11) is 0. The van der Waals surface area contributed by atoms with Crippen molar-refractivity contribution in [3.63, 3.8) is 0 Å². The van der Waals surface area contributed by atoms with Crippen LogP contribution in [0.2, 0.25) is 0 Å². The first-order valence-corrected chi connectivity index (χ1v) is 9.58. The van der Waals surface area contributed by atoms with Gasteiger partial charge in [-0.3, -0.25) is 4.90 Å². The lowest BCUT2D eigenvalue weighted by Gasteiger charge is -2.26. The predicted octanol–water partition coefficient (Wildman–Crippen LogP) is 3.47. The molecule has 2 unspecified atom stereocenters.